The maximum absolute atomic E-state index is 15.2. The Balaban J connectivity index is 0.000000170. The Labute approximate surface area is 474 Å². The normalized spacial score (nSPS) is 14.2. The van der Waals surface area contributed by atoms with E-state index in [2.05, 4.69) is 54.8 Å². The van der Waals surface area contributed by atoms with E-state index < -0.39 is 22.8 Å². The van der Waals surface area contributed by atoms with Crippen LogP contribution < -0.4 is 20.5 Å². The van der Waals surface area contributed by atoms with Gasteiger partial charge >= 0.3 is 0 Å². The molecule has 2 fully saturated rings. The van der Waals surface area contributed by atoms with E-state index in [-0.39, 0.29) is 52.8 Å². The Morgan fingerprint density at radius 3 is 1.66 bits per heavy atom. The first-order valence-electron chi connectivity index (χ1n) is 25.6. The molecule has 414 valence electrons. The summed E-state index contributed by atoms with van der Waals surface area (Å²) in [5.41, 5.74) is 9.74. The molecule has 12 rings (SSSR count). The van der Waals surface area contributed by atoms with Crippen molar-refractivity contribution in [2.75, 3.05) is 51.7 Å². The van der Waals surface area contributed by atoms with Crippen molar-refractivity contribution in [2.45, 2.75) is 89.1 Å². The fraction of sp³-hybridized carbons (Fsp3) is 0.364. The van der Waals surface area contributed by atoms with Gasteiger partial charge in [-0.15, -0.1) is 20.4 Å². The molecule has 0 radical (unpaired) electrons. The molecule has 8 aromatic rings. The monoisotopic (exact) mass is 1270 g/mol. The zero-order chi connectivity index (χ0) is 53.4. The predicted octanol–water partition coefficient (Wildman–Crippen LogP) is 9.16. The van der Waals surface area contributed by atoms with Gasteiger partial charge in [0.1, 0.15) is 71.0 Å². The number of fused-ring (bicyclic) bond motifs is 2. The molecule has 20 nitrogen and oxygen atoms in total. The van der Waals surface area contributed by atoms with E-state index in [1.807, 2.05) is 30.6 Å². The number of nitrogens with zero attached hydrogens (tertiary/aromatic N) is 12. The number of aryl methyl sites for hydroxylation is 2. The average Bonchev–Trinajstić information content (AvgIpc) is 4.41. The van der Waals surface area contributed by atoms with E-state index in [4.69, 9.17) is 36.3 Å². The van der Waals surface area contributed by atoms with Gasteiger partial charge < -0.3 is 55.7 Å². The minimum absolute atomic E-state index is 0. The van der Waals surface area contributed by atoms with Crippen molar-refractivity contribution in [3.63, 3.8) is 0 Å². The predicted molar refractivity (Wildman–Crippen MR) is 287 cm³/mol. The fourth-order valence-electron chi connectivity index (χ4n) is 9.02. The number of hydrogen-bond acceptors (Lipinski definition) is 15. The molecule has 0 atom stereocenters. The molecule has 2 aliphatic carbocycles. The number of amides is 1. The molecule has 2 aliphatic heterocycles. The van der Waals surface area contributed by atoms with Gasteiger partial charge in [-0.1, -0.05) is 12.1 Å². The first-order chi connectivity index (χ1) is 37.5. The van der Waals surface area contributed by atoms with Crippen LogP contribution in [0.2, 0.25) is 0 Å². The number of nitrogens with one attached hydrogen (secondary N) is 1. The van der Waals surface area contributed by atoms with Gasteiger partial charge in [0, 0.05) is 97.6 Å². The Bertz CT molecular complexity index is 3400. The number of imidazole rings is 2. The topological polar surface area (TPSA) is 232 Å². The number of carbonyl (C=O) groups excluding carboxylic acids is 2. The smallest absolute Gasteiger partial charge is 0.259 e. The second-order valence-electron chi connectivity index (χ2n) is 18.9. The van der Waals surface area contributed by atoms with Gasteiger partial charge in [-0.25, -0.2) is 28.7 Å². The van der Waals surface area contributed by atoms with Crippen molar-refractivity contribution in [3.8, 4) is 45.9 Å². The van der Waals surface area contributed by atoms with Gasteiger partial charge in [0.05, 0.1) is 59.8 Å². The third-order valence-corrected chi connectivity index (χ3v) is 13.5. The largest absolute Gasteiger partial charge is 0.489 e. The van der Waals surface area contributed by atoms with Crippen LogP contribution in [-0.2, 0) is 56.5 Å². The number of carbonyl (C=O) groups is 2. The van der Waals surface area contributed by atoms with Crippen LogP contribution in [0.4, 0.5) is 20.4 Å². The van der Waals surface area contributed by atoms with E-state index in [0.717, 1.165) is 105 Å². The van der Waals surface area contributed by atoms with Gasteiger partial charge in [0.15, 0.2) is 11.6 Å². The summed E-state index contributed by atoms with van der Waals surface area (Å²) >= 11 is 5.45. The van der Waals surface area contributed by atoms with Crippen LogP contribution in [-0.4, -0.2) is 110 Å². The Morgan fingerprint density at radius 1 is 0.671 bits per heavy atom. The van der Waals surface area contributed by atoms with E-state index in [1.54, 1.807) is 54.2 Å². The second kappa shape index (κ2) is 26.6. The van der Waals surface area contributed by atoms with Crippen LogP contribution in [0, 0.1) is 19.1 Å². The molecule has 2 aromatic carbocycles. The van der Waals surface area contributed by atoms with Gasteiger partial charge in [-0.3, -0.25) is 9.59 Å². The number of aromatic nitrogens is 12. The van der Waals surface area contributed by atoms with Crippen LogP contribution in [0.25, 0.3) is 34.4 Å². The number of benzene rings is 2. The van der Waals surface area contributed by atoms with Crippen molar-refractivity contribution in [1.82, 2.24) is 58.6 Å². The van der Waals surface area contributed by atoms with Gasteiger partial charge in [0.2, 0.25) is 0 Å². The molecule has 0 unspecified atom stereocenters. The zero-order valence-corrected chi connectivity index (χ0v) is 47.7. The number of methoxy groups -OCH3 is 2. The summed E-state index contributed by atoms with van der Waals surface area (Å²) in [4.78, 5) is 42.3. The first-order valence-corrected chi connectivity index (χ1v) is 26.0. The first kappa shape index (κ1) is 57.9. The standard InChI is InChI=1S/C27H28FN7O3.C16H16ClFN2O3.C11H13N5.CH3.W/c1-37-11-12-38-23-14-19(28)18(13-22(23)34-15-21(29-16-34)17-8-9-17)27(36)31-24-6-4-5-20(30-24)26-33-32-25-7-2-3-10-35(25)26;1-22-4-5-23-15-7-12(18)11(16(17)21)6-14(15)20-8-13(19-9-20)10-2-3-10;12-9-5-3-4-8(13-9)11-15-14-10-6-1-2-7-16(10)11;;/h4-6,13-17H,2-3,7-12H2,1H3,(H,30,31,36);6-10H,2-5H2,1H3;3-5H,1-2,6-7H2,(H2,12,13);1H3;/q;;;-1;. The third-order valence-electron chi connectivity index (χ3n) is 13.3. The van der Waals surface area contributed by atoms with Gasteiger partial charge in [-0.2, -0.15) is 0 Å². The van der Waals surface area contributed by atoms with E-state index in [9.17, 15) is 14.0 Å². The van der Waals surface area contributed by atoms with Crippen LogP contribution >= 0.6 is 11.6 Å². The molecular weight excluding hydrogens is 1210 g/mol. The number of rotatable bonds is 17. The van der Waals surface area contributed by atoms with Crippen molar-refractivity contribution in [3.05, 3.63) is 139 Å². The van der Waals surface area contributed by atoms with Crippen molar-refractivity contribution >= 4 is 34.4 Å². The number of nitrogens with two attached hydrogens (primary N) is 1. The summed E-state index contributed by atoms with van der Waals surface area (Å²) in [7, 11) is 3.12. The van der Waals surface area contributed by atoms with Crippen LogP contribution in [0.3, 0.4) is 0 Å². The molecule has 1 amide bonds. The molecule has 0 saturated heterocycles. The Morgan fingerprint density at radius 2 is 1.16 bits per heavy atom. The molecule has 0 spiro atoms. The van der Waals surface area contributed by atoms with Crippen molar-refractivity contribution in [2.24, 2.45) is 0 Å². The number of hydrogen-bond donors (Lipinski definition) is 2. The SMILES string of the molecule is COCCOc1cc(F)c(C(=O)Cl)cc1-n1cnc(C2CC2)c1.COCCOc1cc(F)c(C(=O)Nc2cccc(-c3nnc4n3CCCC4)n2)cc1-n1cnc(C2CC2)c1.Nc1cccc(-c2nnc3n2CCCC3)n1.[CH3-].[W]. The van der Waals surface area contributed by atoms with Crippen LogP contribution in [0.15, 0.2) is 85.7 Å². The number of nitrogen functional groups attached to an aromatic ring is 1. The maximum Gasteiger partial charge on any atom is 0.259 e. The number of anilines is 2. The maximum atomic E-state index is 15.2. The molecule has 79 heavy (non-hydrogen) atoms. The quantitative estimate of drug-likeness (QED) is 0.0492. The minimum Gasteiger partial charge on any atom is -0.489 e. The van der Waals surface area contributed by atoms with Crippen molar-refractivity contribution < 1.29 is 58.4 Å². The van der Waals surface area contributed by atoms with Crippen LogP contribution in [0.1, 0.15) is 107 Å². The molecule has 24 heteroatoms. The van der Waals surface area contributed by atoms with E-state index in [1.165, 1.54) is 31.0 Å². The number of ether oxygens (including phenoxy) is 4. The molecule has 6 aromatic heterocycles. The summed E-state index contributed by atoms with van der Waals surface area (Å²) in [5, 5.41) is 18.9. The van der Waals surface area contributed by atoms with Crippen molar-refractivity contribution in [1.29, 1.82) is 0 Å². The Hall–Kier alpha value is -7.26. The molecule has 3 N–H and O–H groups in total. The Kier molecular flexibility index (Phi) is 19.5. The number of halogens is 3. The van der Waals surface area contributed by atoms with E-state index >= 15 is 4.39 Å². The average molecular weight is 1270 g/mol. The van der Waals surface area contributed by atoms with Gasteiger partial charge in [-0.05, 0) is 99.4 Å². The van der Waals surface area contributed by atoms with Gasteiger partial charge in [0.25, 0.3) is 11.1 Å². The molecule has 0 bridgehead atoms. The fourth-order valence-corrected chi connectivity index (χ4v) is 9.16. The summed E-state index contributed by atoms with van der Waals surface area (Å²) in [6, 6.07) is 16.1. The molecular formula is C55H60ClF2N14O6W-. The molecule has 2 saturated carbocycles. The minimum atomic E-state index is -0.852. The summed E-state index contributed by atoms with van der Waals surface area (Å²) < 4.78 is 58.2. The summed E-state index contributed by atoms with van der Waals surface area (Å²) in [5.74, 6) is 3.81. The third kappa shape index (κ3) is 14.0. The van der Waals surface area contributed by atoms with Crippen LogP contribution in [0.5, 0.6) is 11.5 Å². The molecule has 4 aliphatic rings. The number of pyridine rings is 2. The molecule has 8 heterocycles. The zero-order valence-electron chi connectivity index (χ0n) is 44.0. The summed E-state index contributed by atoms with van der Waals surface area (Å²) in [6.07, 6.45) is 18.0. The summed E-state index contributed by atoms with van der Waals surface area (Å²) in [6.45, 7) is 3.03. The van der Waals surface area contributed by atoms with E-state index in [0.29, 0.717) is 71.1 Å². The second-order valence-corrected chi connectivity index (χ2v) is 19.3.